The molecule has 0 saturated heterocycles. The lowest BCUT2D eigenvalue weighted by atomic mass is 9.87. The summed E-state index contributed by atoms with van der Waals surface area (Å²) < 4.78 is 6.58. The van der Waals surface area contributed by atoms with Gasteiger partial charge in [0.25, 0.3) is 0 Å². The second-order valence-electron chi connectivity index (χ2n) is 18.5. The van der Waals surface area contributed by atoms with Crippen LogP contribution in [0.25, 0.3) is 60.9 Å². The average molecular weight is 887 g/mol. The molecule has 13 rings (SSSR count). The molecule has 3 heteroatoms. The first-order valence-corrected chi connectivity index (χ1v) is 24.4. The van der Waals surface area contributed by atoms with Crippen molar-refractivity contribution in [2.24, 2.45) is 0 Å². The Kier molecular flexibility index (Phi) is 10.3. The van der Waals surface area contributed by atoms with Crippen LogP contribution >= 0.6 is 0 Å². The highest BCUT2D eigenvalue weighted by molar-refractivity contribution is 6.11. The monoisotopic (exact) mass is 886 g/mol. The van der Waals surface area contributed by atoms with E-state index in [-0.39, 0.29) is 12.1 Å². The number of hydrogen-bond acceptors (Lipinski definition) is 3. The molecule has 4 aliphatic rings. The number of hydrogen-bond donors (Lipinski definition) is 0. The molecular weight excluding hydrogens is 837 g/mol. The van der Waals surface area contributed by atoms with Crippen molar-refractivity contribution in [3.63, 3.8) is 0 Å². The Hall–Kier alpha value is -8.40. The molecule has 0 radical (unpaired) electrons. The largest absolute Gasteiger partial charge is 0.455 e. The molecule has 1 aliphatic heterocycles. The lowest BCUT2D eigenvalue weighted by Gasteiger charge is -2.36. The van der Waals surface area contributed by atoms with Crippen molar-refractivity contribution >= 4 is 61.4 Å². The summed E-state index contributed by atoms with van der Waals surface area (Å²) in [5.74, 6) is 0.300. The van der Waals surface area contributed by atoms with Gasteiger partial charge in [0.1, 0.15) is 11.2 Å². The average Bonchev–Trinajstić information content (AvgIpc) is 3.98. The fourth-order valence-electron chi connectivity index (χ4n) is 11.4. The Morgan fingerprint density at radius 2 is 1.19 bits per heavy atom. The number of furan rings is 1. The molecule has 0 spiro atoms. The first-order valence-electron chi connectivity index (χ1n) is 24.4. The first kappa shape index (κ1) is 40.8. The highest BCUT2D eigenvalue weighted by atomic mass is 16.3. The lowest BCUT2D eigenvalue weighted by molar-refractivity contribution is 0.668. The summed E-state index contributed by atoms with van der Waals surface area (Å²) in [7, 11) is 0. The van der Waals surface area contributed by atoms with Crippen molar-refractivity contribution in [3.05, 3.63) is 271 Å². The SMILES string of the molecule is C1=CC2c3ccccc3N(c3ccccc3-c3ccccc3N(c3ccc(C4=C(c5cccc6c5oc5ccccc56)C=CCC4)cc3)C3C=CC(c4ccc(-c5ccccc5)cc4)=CC3)C2C=C1. The van der Waals surface area contributed by atoms with Crippen molar-refractivity contribution in [2.45, 2.75) is 37.3 Å². The van der Waals surface area contributed by atoms with E-state index in [2.05, 4.69) is 253 Å². The van der Waals surface area contributed by atoms with E-state index in [0.717, 1.165) is 52.5 Å². The van der Waals surface area contributed by atoms with Crippen LogP contribution in [0.3, 0.4) is 0 Å². The third-order valence-corrected chi connectivity index (χ3v) is 14.7. The molecule has 0 bridgehead atoms. The summed E-state index contributed by atoms with van der Waals surface area (Å²) in [5, 5.41) is 2.31. The maximum absolute atomic E-state index is 6.58. The van der Waals surface area contributed by atoms with Crippen molar-refractivity contribution < 1.29 is 4.42 Å². The summed E-state index contributed by atoms with van der Waals surface area (Å²) in [6.07, 6.45) is 23.7. The van der Waals surface area contributed by atoms with Gasteiger partial charge < -0.3 is 14.2 Å². The zero-order chi connectivity index (χ0) is 45.7. The van der Waals surface area contributed by atoms with E-state index in [1.165, 1.54) is 72.7 Å². The minimum atomic E-state index is 0.0675. The van der Waals surface area contributed by atoms with Gasteiger partial charge in [-0.2, -0.15) is 0 Å². The summed E-state index contributed by atoms with van der Waals surface area (Å²) in [6.45, 7) is 0. The van der Waals surface area contributed by atoms with Gasteiger partial charge in [-0.15, -0.1) is 0 Å². The van der Waals surface area contributed by atoms with E-state index in [0.29, 0.717) is 5.92 Å². The molecule has 0 fully saturated rings. The Labute approximate surface area is 404 Å². The Morgan fingerprint density at radius 1 is 0.507 bits per heavy atom. The van der Waals surface area contributed by atoms with E-state index < -0.39 is 0 Å². The van der Waals surface area contributed by atoms with Crippen LogP contribution in [0.2, 0.25) is 0 Å². The summed E-state index contributed by atoms with van der Waals surface area (Å²) >= 11 is 0. The van der Waals surface area contributed by atoms with Gasteiger partial charge in [-0.3, -0.25) is 0 Å². The van der Waals surface area contributed by atoms with E-state index in [9.17, 15) is 0 Å². The fourth-order valence-corrected chi connectivity index (χ4v) is 11.4. The highest BCUT2D eigenvalue weighted by Crippen LogP contribution is 2.51. The molecular formula is C66H50N2O. The maximum atomic E-state index is 6.58. The van der Waals surface area contributed by atoms with Gasteiger partial charge in [0.05, 0.1) is 12.1 Å². The van der Waals surface area contributed by atoms with Crippen molar-refractivity contribution in [1.82, 2.24) is 0 Å². The van der Waals surface area contributed by atoms with Gasteiger partial charge in [0.15, 0.2) is 0 Å². The number of benzene rings is 8. The Balaban J connectivity index is 0.908. The van der Waals surface area contributed by atoms with Gasteiger partial charge in [0.2, 0.25) is 0 Å². The lowest BCUT2D eigenvalue weighted by Crippen LogP contribution is -2.31. The number of anilines is 4. The van der Waals surface area contributed by atoms with E-state index in [1.807, 2.05) is 6.07 Å². The number of para-hydroxylation sites is 5. The van der Waals surface area contributed by atoms with Crippen LogP contribution in [0.5, 0.6) is 0 Å². The smallest absolute Gasteiger partial charge is 0.143 e. The Morgan fingerprint density at radius 3 is 2.04 bits per heavy atom. The van der Waals surface area contributed by atoms with Crippen molar-refractivity contribution in [3.8, 4) is 22.3 Å². The number of fused-ring (bicyclic) bond motifs is 6. The molecule has 0 N–H and O–H groups in total. The second-order valence-corrected chi connectivity index (χ2v) is 18.5. The molecule has 8 aromatic carbocycles. The molecule has 3 nitrogen and oxygen atoms in total. The molecule has 0 saturated carbocycles. The van der Waals surface area contributed by atoms with Crippen LogP contribution in [0.15, 0.2) is 253 Å². The van der Waals surface area contributed by atoms with Gasteiger partial charge in [-0.05, 0) is 100 Å². The third-order valence-electron chi connectivity index (χ3n) is 14.7. The zero-order valence-electron chi connectivity index (χ0n) is 38.3. The normalized spacial score (nSPS) is 18.2. The fraction of sp³-hybridized carbons (Fsp3) is 0.0909. The molecule has 3 atom stereocenters. The van der Waals surface area contributed by atoms with Crippen LogP contribution in [0.1, 0.15) is 47.4 Å². The van der Waals surface area contributed by atoms with Crippen LogP contribution in [-0.4, -0.2) is 12.1 Å². The zero-order valence-corrected chi connectivity index (χ0v) is 38.3. The summed E-state index contributed by atoms with van der Waals surface area (Å²) in [4.78, 5) is 5.15. The molecule has 3 unspecified atom stereocenters. The molecule has 3 aliphatic carbocycles. The van der Waals surface area contributed by atoms with Gasteiger partial charge in [-0.1, -0.05) is 212 Å². The highest BCUT2D eigenvalue weighted by Gasteiger charge is 2.38. The van der Waals surface area contributed by atoms with E-state index in [4.69, 9.17) is 4.42 Å². The third kappa shape index (κ3) is 7.21. The van der Waals surface area contributed by atoms with Crippen LogP contribution < -0.4 is 9.80 Å². The number of allylic oxidation sites excluding steroid dienone is 8. The van der Waals surface area contributed by atoms with Crippen molar-refractivity contribution in [1.29, 1.82) is 0 Å². The molecule has 9 aromatic rings. The quantitative estimate of drug-likeness (QED) is 0.144. The van der Waals surface area contributed by atoms with Crippen LogP contribution in [0, 0.1) is 0 Å². The van der Waals surface area contributed by atoms with E-state index >= 15 is 0 Å². The molecule has 2 heterocycles. The van der Waals surface area contributed by atoms with Gasteiger partial charge in [-0.25, -0.2) is 0 Å². The Bertz CT molecular complexity index is 3600. The van der Waals surface area contributed by atoms with Gasteiger partial charge >= 0.3 is 0 Å². The molecule has 330 valence electrons. The number of nitrogens with zero attached hydrogens (tertiary/aromatic N) is 2. The maximum Gasteiger partial charge on any atom is 0.143 e. The standard InChI is InChI=1S/C66H50N2O/c1-2-17-45(18-3-1)46-33-35-47(36-34-46)48-37-41-50(42-38-48)67(51-43-39-49(40-44-51)52-19-4-5-20-53(52)59-26-16-27-60-58-25-10-15-32-65(58)69-66(59)60)61-28-11-6-21-54(61)55-22-7-12-29-62(55)68-63-30-13-8-23-56(63)57-24-9-14-31-64(57)68/h1-3,5-18,20-41,43-44,50,56,63H,4,19,42H2. The molecule has 1 aromatic heterocycles. The van der Waals surface area contributed by atoms with E-state index in [1.54, 1.807) is 0 Å². The molecule has 0 amide bonds. The number of rotatable bonds is 9. The van der Waals surface area contributed by atoms with Crippen LogP contribution in [0.4, 0.5) is 22.7 Å². The minimum absolute atomic E-state index is 0.0675. The first-order chi connectivity index (χ1) is 34.2. The predicted octanol–water partition coefficient (Wildman–Crippen LogP) is 17.5. The van der Waals surface area contributed by atoms with Gasteiger partial charge in [0, 0.05) is 56.1 Å². The second kappa shape index (κ2) is 17.4. The predicted molar refractivity (Wildman–Crippen MR) is 290 cm³/mol. The summed E-state index contributed by atoms with van der Waals surface area (Å²) in [5.41, 5.74) is 20.4. The molecule has 69 heavy (non-hydrogen) atoms. The topological polar surface area (TPSA) is 19.6 Å². The minimum Gasteiger partial charge on any atom is -0.455 e. The summed E-state index contributed by atoms with van der Waals surface area (Å²) in [6, 6.07) is 71.2. The van der Waals surface area contributed by atoms with Crippen molar-refractivity contribution in [2.75, 3.05) is 9.80 Å². The van der Waals surface area contributed by atoms with Crippen LogP contribution in [-0.2, 0) is 0 Å².